The Kier molecular flexibility index (Phi) is 10.6. The summed E-state index contributed by atoms with van der Waals surface area (Å²) in [7, 11) is 0. The van der Waals surface area contributed by atoms with Crippen LogP contribution in [0.2, 0.25) is 5.02 Å². The number of benzene rings is 4. The van der Waals surface area contributed by atoms with Gasteiger partial charge in [0, 0.05) is 35.8 Å². The van der Waals surface area contributed by atoms with Crippen molar-refractivity contribution in [1.29, 1.82) is 0 Å². The smallest absolute Gasteiger partial charge is 0.335 e. The number of hydrogen-bond donors (Lipinski definition) is 1. The third-order valence-corrected chi connectivity index (χ3v) is 9.85. The lowest BCUT2D eigenvalue weighted by molar-refractivity contribution is 0.0694. The highest BCUT2D eigenvalue weighted by molar-refractivity contribution is 6.30. The minimum atomic E-state index is -1.03. The molecule has 7 rings (SSSR count). The van der Waals surface area contributed by atoms with E-state index in [0.717, 1.165) is 86.7 Å². The molecule has 7 nitrogen and oxygen atoms in total. The van der Waals surface area contributed by atoms with Crippen LogP contribution in [0.15, 0.2) is 78.9 Å². The van der Waals surface area contributed by atoms with Gasteiger partial charge >= 0.3 is 5.97 Å². The largest absolute Gasteiger partial charge is 0.489 e. The van der Waals surface area contributed by atoms with Gasteiger partial charge in [-0.15, -0.1) is 12.4 Å². The number of rotatable bonds is 8. The molecule has 2 fully saturated rings. The van der Waals surface area contributed by atoms with Gasteiger partial charge < -0.3 is 19.3 Å². The average molecular weight is 703 g/mol. The maximum absolute atomic E-state index is 16.0. The zero-order valence-corrected chi connectivity index (χ0v) is 28.6. The standard InChI is InChI=1S/C39H37ClFN3O4.ClH/c40-29-13-9-25(10-14-29)32-16-11-26(38(45)43-19-5-2-6-20-43)21-28(32)24-48-31-15-17-33(34(41)23-31)37-42-35-22-27(39(46)47)12-18-36(35)44(37)30-7-3-1-4-8-30;/h9-18,21-23,30H,1-8,19-20,24H2,(H,46,47);1H. The van der Waals surface area contributed by atoms with Crippen molar-refractivity contribution < 1.29 is 23.8 Å². The van der Waals surface area contributed by atoms with Gasteiger partial charge in [0.25, 0.3) is 5.91 Å². The van der Waals surface area contributed by atoms with Gasteiger partial charge in [-0.2, -0.15) is 0 Å². The number of carboxylic acids is 1. The maximum atomic E-state index is 16.0. The van der Waals surface area contributed by atoms with Gasteiger partial charge in [-0.25, -0.2) is 14.2 Å². The number of likely N-dealkylation sites (tertiary alicyclic amines) is 1. The summed E-state index contributed by atoms with van der Waals surface area (Å²) < 4.78 is 24.3. The summed E-state index contributed by atoms with van der Waals surface area (Å²) in [6.07, 6.45) is 8.38. The van der Waals surface area contributed by atoms with Crippen LogP contribution in [0, 0.1) is 5.82 Å². The minimum absolute atomic E-state index is 0. The van der Waals surface area contributed by atoms with Crippen molar-refractivity contribution >= 4 is 46.9 Å². The molecule has 254 valence electrons. The maximum Gasteiger partial charge on any atom is 0.335 e. The number of imidazole rings is 1. The lowest BCUT2D eigenvalue weighted by Gasteiger charge is -2.27. The van der Waals surface area contributed by atoms with E-state index in [1.165, 1.54) is 6.07 Å². The van der Waals surface area contributed by atoms with Gasteiger partial charge in [0.15, 0.2) is 0 Å². The predicted octanol–water partition coefficient (Wildman–Crippen LogP) is 9.99. The molecule has 1 aliphatic heterocycles. The molecular weight excluding hydrogens is 664 g/mol. The van der Waals surface area contributed by atoms with Gasteiger partial charge in [-0.05, 0) is 103 Å². The van der Waals surface area contributed by atoms with Crippen LogP contribution in [0.4, 0.5) is 4.39 Å². The molecule has 2 heterocycles. The predicted molar refractivity (Wildman–Crippen MR) is 192 cm³/mol. The van der Waals surface area contributed by atoms with Crippen LogP contribution in [0.1, 0.15) is 83.7 Å². The second-order valence-electron chi connectivity index (χ2n) is 12.8. The lowest BCUT2D eigenvalue weighted by Crippen LogP contribution is -2.35. The molecule has 0 bridgehead atoms. The Bertz CT molecular complexity index is 1980. The van der Waals surface area contributed by atoms with E-state index >= 15 is 4.39 Å². The first kappa shape index (κ1) is 34.5. The van der Waals surface area contributed by atoms with Crippen LogP contribution in [0.3, 0.4) is 0 Å². The van der Waals surface area contributed by atoms with E-state index in [0.29, 0.717) is 33.2 Å². The fourth-order valence-corrected chi connectivity index (χ4v) is 7.22. The Balaban J connectivity index is 0.00000417. The van der Waals surface area contributed by atoms with E-state index in [1.54, 1.807) is 30.3 Å². The van der Waals surface area contributed by atoms with E-state index < -0.39 is 11.8 Å². The zero-order valence-electron chi connectivity index (χ0n) is 27.0. The quantitative estimate of drug-likeness (QED) is 0.174. The molecule has 4 aromatic carbocycles. The number of ether oxygens (including phenoxy) is 1. The molecule has 2 aliphatic rings. The molecule has 5 aromatic rings. The fraction of sp³-hybridized carbons (Fsp3) is 0.308. The molecule has 1 saturated carbocycles. The van der Waals surface area contributed by atoms with Crippen LogP contribution in [-0.2, 0) is 6.61 Å². The third kappa shape index (κ3) is 7.31. The summed E-state index contributed by atoms with van der Waals surface area (Å²) in [5.41, 5.74) is 5.05. The van der Waals surface area contributed by atoms with Gasteiger partial charge in [-0.1, -0.05) is 49.1 Å². The number of amides is 1. The second-order valence-corrected chi connectivity index (χ2v) is 13.2. The number of carbonyl (C=O) groups excluding carboxylic acids is 1. The van der Waals surface area contributed by atoms with E-state index in [4.69, 9.17) is 21.3 Å². The number of carbonyl (C=O) groups is 2. The molecule has 0 spiro atoms. The Labute approximate surface area is 296 Å². The van der Waals surface area contributed by atoms with Crippen LogP contribution < -0.4 is 4.74 Å². The molecule has 1 saturated heterocycles. The Hall–Kier alpha value is -4.40. The average Bonchev–Trinajstić information content (AvgIpc) is 3.50. The number of aromatic nitrogens is 2. The number of piperidine rings is 1. The van der Waals surface area contributed by atoms with E-state index in [-0.39, 0.29) is 36.5 Å². The van der Waals surface area contributed by atoms with Crippen molar-refractivity contribution in [2.24, 2.45) is 0 Å². The molecule has 0 atom stereocenters. The van der Waals surface area contributed by atoms with Gasteiger partial charge in [0.2, 0.25) is 0 Å². The van der Waals surface area contributed by atoms with Gasteiger partial charge in [0.1, 0.15) is 24.0 Å². The number of fused-ring (bicyclic) bond motifs is 1. The van der Waals surface area contributed by atoms with Crippen LogP contribution in [0.25, 0.3) is 33.5 Å². The van der Waals surface area contributed by atoms with Crippen LogP contribution >= 0.6 is 24.0 Å². The third-order valence-electron chi connectivity index (χ3n) is 9.60. The molecular formula is C39H38Cl2FN3O4. The highest BCUT2D eigenvalue weighted by Crippen LogP contribution is 2.38. The van der Waals surface area contributed by atoms with E-state index in [9.17, 15) is 14.7 Å². The zero-order chi connectivity index (χ0) is 33.2. The van der Waals surface area contributed by atoms with E-state index in [2.05, 4.69) is 4.57 Å². The topological polar surface area (TPSA) is 84.7 Å². The molecule has 1 aromatic heterocycles. The summed E-state index contributed by atoms with van der Waals surface area (Å²) in [6.45, 7) is 1.63. The Morgan fingerprint density at radius 3 is 2.24 bits per heavy atom. The molecule has 0 unspecified atom stereocenters. The van der Waals surface area contributed by atoms with Crippen molar-refractivity contribution in [3.05, 3.63) is 106 Å². The molecule has 0 radical (unpaired) electrons. The first-order chi connectivity index (χ1) is 23.4. The van der Waals surface area contributed by atoms with E-state index in [1.807, 2.05) is 47.4 Å². The highest BCUT2D eigenvalue weighted by atomic mass is 35.5. The molecule has 1 N–H and O–H groups in total. The summed E-state index contributed by atoms with van der Waals surface area (Å²) in [6, 6.07) is 23.0. The summed E-state index contributed by atoms with van der Waals surface area (Å²) in [5, 5.41) is 10.2. The van der Waals surface area contributed by atoms with Crippen LogP contribution in [0.5, 0.6) is 5.75 Å². The molecule has 49 heavy (non-hydrogen) atoms. The first-order valence-corrected chi connectivity index (χ1v) is 17.1. The highest BCUT2D eigenvalue weighted by Gasteiger charge is 2.25. The van der Waals surface area contributed by atoms with Crippen molar-refractivity contribution in [2.45, 2.75) is 64.0 Å². The summed E-state index contributed by atoms with van der Waals surface area (Å²) in [4.78, 5) is 31.7. The fourth-order valence-electron chi connectivity index (χ4n) is 7.10. The van der Waals surface area contributed by atoms with Crippen molar-refractivity contribution in [3.8, 4) is 28.3 Å². The summed E-state index contributed by atoms with van der Waals surface area (Å²) >= 11 is 6.16. The van der Waals surface area contributed by atoms with Crippen molar-refractivity contribution in [2.75, 3.05) is 13.1 Å². The SMILES string of the molecule is Cl.O=C(O)c1ccc2c(c1)nc(-c1ccc(OCc3cc(C(=O)N4CCCCC4)ccc3-c3ccc(Cl)cc3)cc1F)n2C1CCCCC1. The van der Waals surface area contributed by atoms with Crippen molar-refractivity contribution in [1.82, 2.24) is 14.5 Å². The lowest BCUT2D eigenvalue weighted by atomic mass is 9.94. The van der Waals surface area contributed by atoms with Gasteiger partial charge in [0.05, 0.1) is 22.2 Å². The Morgan fingerprint density at radius 1 is 0.837 bits per heavy atom. The molecule has 1 aliphatic carbocycles. The number of halogens is 3. The second kappa shape index (κ2) is 15.0. The monoisotopic (exact) mass is 701 g/mol. The number of nitrogens with zero attached hydrogens (tertiary/aromatic N) is 3. The number of carboxylic acid groups (broad SMARTS) is 1. The number of hydrogen-bond acceptors (Lipinski definition) is 4. The number of aromatic carboxylic acids is 1. The first-order valence-electron chi connectivity index (χ1n) is 16.7. The van der Waals surface area contributed by atoms with Crippen LogP contribution in [-0.4, -0.2) is 44.5 Å². The Morgan fingerprint density at radius 2 is 1.53 bits per heavy atom. The molecule has 1 amide bonds. The van der Waals surface area contributed by atoms with Crippen molar-refractivity contribution in [3.63, 3.8) is 0 Å². The minimum Gasteiger partial charge on any atom is -0.489 e. The molecule has 10 heteroatoms. The summed E-state index contributed by atoms with van der Waals surface area (Å²) in [5.74, 6) is -0.674. The van der Waals surface area contributed by atoms with Gasteiger partial charge in [-0.3, -0.25) is 4.79 Å². The normalized spacial score (nSPS) is 15.2.